The lowest BCUT2D eigenvalue weighted by molar-refractivity contribution is 0.576. The van der Waals surface area contributed by atoms with Crippen LogP contribution in [0.2, 0.25) is 0 Å². The van der Waals surface area contributed by atoms with Gasteiger partial charge in [-0.15, -0.1) is 22.7 Å². The topological polar surface area (TPSA) is 0 Å². The zero-order valence-electron chi connectivity index (χ0n) is 25.2. The third-order valence-corrected chi connectivity index (χ3v) is 11.3. The molecular formula is C38H50S2. The maximum absolute atomic E-state index is 2.46. The van der Waals surface area contributed by atoms with Crippen molar-refractivity contribution in [2.24, 2.45) is 0 Å². The highest BCUT2D eigenvalue weighted by Gasteiger charge is 2.12. The minimum absolute atomic E-state index is 1.24. The second-order valence-electron chi connectivity index (χ2n) is 12.1. The first kappa shape index (κ1) is 29.6. The Morgan fingerprint density at radius 3 is 1.15 bits per heavy atom. The van der Waals surface area contributed by atoms with E-state index in [4.69, 9.17) is 0 Å². The average Bonchev–Trinajstić information content (AvgIpc) is 3.59. The van der Waals surface area contributed by atoms with Gasteiger partial charge >= 0.3 is 0 Å². The summed E-state index contributed by atoms with van der Waals surface area (Å²) in [4.78, 5) is 3.13. The van der Waals surface area contributed by atoms with Crippen molar-refractivity contribution in [2.45, 2.75) is 129 Å². The lowest BCUT2D eigenvalue weighted by Crippen LogP contribution is -1.83. The smallest absolute Gasteiger partial charge is 0.0424 e. The van der Waals surface area contributed by atoms with Gasteiger partial charge in [0.15, 0.2) is 0 Å². The molecule has 0 spiro atoms. The van der Waals surface area contributed by atoms with Gasteiger partial charge in [-0.2, -0.15) is 0 Å². The molecule has 5 rings (SSSR count). The highest BCUT2D eigenvalue weighted by Crippen LogP contribution is 2.40. The fourth-order valence-corrected chi connectivity index (χ4v) is 8.89. The van der Waals surface area contributed by atoms with E-state index in [0.29, 0.717) is 0 Å². The van der Waals surface area contributed by atoms with Gasteiger partial charge in [-0.05, 0) is 59.4 Å². The second kappa shape index (κ2) is 15.4. The van der Waals surface area contributed by atoms with Crippen molar-refractivity contribution >= 4 is 64.4 Å². The molecule has 5 aromatic rings. The van der Waals surface area contributed by atoms with E-state index in [1.54, 1.807) is 9.75 Å². The summed E-state index contributed by atoms with van der Waals surface area (Å²) in [7, 11) is 0. The van der Waals surface area contributed by atoms with E-state index in [1.165, 1.54) is 157 Å². The van der Waals surface area contributed by atoms with E-state index in [-0.39, 0.29) is 0 Å². The van der Waals surface area contributed by atoms with Crippen LogP contribution in [0.1, 0.15) is 126 Å². The Morgan fingerprint density at radius 2 is 0.750 bits per heavy atom. The van der Waals surface area contributed by atoms with Crippen molar-refractivity contribution in [3.63, 3.8) is 0 Å². The number of aryl methyl sites for hydroxylation is 2. The van der Waals surface area contributed by atoms with E-state index < -0.39 is 0 Å². The SMILES string of the molecule is CCCCCCCCCCc1cc2ccc3c4ccc5cc(CCCCCCCCCC)sc5c4ccc3c2s1. The summed E-state index contributed by atoms with van der Waals surface area (Å²) in [5.74, 6) is 0. The molecule has 0 saturated carbocycles. The van der Waals surface area contributed by atoms with Gasteiger partial charge in [0.1, 0.15) is 0 Å². The highest BCUT2D eigenvalue weighted by molar-refractivity contribution is 7.20. The van der Waals surface area contributed by atoms with Gasteiger partial charge < -0.3 is 0 Å². The van der Waals surface area contributed by atoms with E-state index in [1.807, 2.05) is 22.7 Å². The molecule has 0 N–H and O–H groups in total. The Labute approximate surface area is 251 Å². The molecule has 2 heterocycles. The molecule has 0 atom stereocenters. The minimum Gasteiger partial charge on any atom is -0.140 e. The van der Waals surface area contributed by atoms with Gasteiger partial charge in [0.2, 0.25) is 0 Å². The van der Waals surface area contributed by atoms with Crippen LogP contribution in [0.5, 0.6) is 0 Å². The maximum atomic E-state index is 2.46. The molecule has 0 nitrogen and oxygen atoms in total. The average molecular weight is 571 g/mol. The van der Waals surface area contributed by atoms with Crippen molar-refractivity contribution in [1.82, 2.24) is 0 Å². The van der Waals surface area contributed by atoms with Gasteiger partial charge in [-0.1, -0.05) is 140 Å². The van der Waals surface area contributed by atoms with E-state index in [0.717, 1.165) is 0 Å². The number of benzene rings is 3. The van der Waals surface area contributed by atoms with E-state index in [2.05, 4.69) is 62.4 Å². The number of thiophene rings is 2. The van der Waals surface area contributed by atoms with Gasteiger partial charge in [0, 0.05) is 29.9 Å². The predicted molar refractivity (Wildman–Crippen MR) is 185 cm³/mol. The quantitative estimate of drug-likeness (QED) is 0.0726. The Morgan fingerprint density at radius 1 is 0.400 bits per heavy atom. The molecule has 2 aromatic heterocycles. The third kappa shape index (κ3) is 7.48. The Balaban J connectivity index is 1.23. The van der Waals surface area contributed by atoms with Crippen molar-refractivity contribution in [3.05, 3.63) is 58.3 Å². The molecule has 0 bridgehead atoms. The monoisotopic (exact) mass is 570 g/mol. The van der Waals surface area contributed by atoms with Crippen LogP contribution in [0, 0.1) is 0 Å². The largest absolute Gasteiger partial charge is 0.140 e. The fraction of sp³-hybridized carbons (Fsp3) is 0.526. The molecule has 0 aliphatic rings. The molecule has 40 heavy (non-hydrogen) atoms. The van der Waals surface area contributed by atoms with Crippen LogP contribution in [-0.4, -0.2) is 0 Å². The molecule has 0 fully saturated rings. The van der Waals surface area contributed by atoms with Crippen LogP contribution in [0.4, 0.5) is 0 Å². The van der Waals surface area contributed by atoms with Crippen LogP contribution >= 0.6 is 22.7 Å². The zero-order valence-corrected chi connectivity index (χ0v) is 26.8. The number of hydrogen-bond acceptors (Lipinski definition) is 2. The zero-order chi connectivity index (χ0) is 27.6. The molecule has 0 aliphatic heterocycles. The predicted octanol–water partition coefficient (Wildman–Crippen LogP) is 13.8. The number of unbranched alkanes of at least 4 members (excludes halogenated alkanes) is 14. The molecule has 0 radical (unpaired) electrons. The molecule has 3 aromatic carbocycles. The fourth-order valence-electron chi connectivity index (χ4n) is 6.44. The lowest BCUT2D eigenvalue weighted by atomic mass is 9.99. The van der Waals surface area contributed by atoms with Gasteiger partial charge in [0.25, 0.3) is 0 Å². The first-order chi connectivity index (χ1) is 19.8. The molecule has 2 heteroatoms. The second-order valence-corrected chi connectivity index (χ2v) is 14.4. The van der Waals surface area contributed by atoms with Crippen molar-refractivity contribution in [1.29, 1.82) is 0 Å². The maximum Gasteiger partial charge on any atom is 0.0424 e. The highest BCUT2D eigenvalue weighted by atomic mass is 32.1. The van der Waals surface area contributed by atoms with Crippen molar-refractivity contribution < 1.29 is 0 Å². The Bertz CT molecular complexity index is 1370. The summed E-state index contributed by atoms with van der Waals surface area (Å²) in [6, 6.07) is 19.3. The van der Waals surface area contributed by atoms with E-state index >= 15 is 0 Å². The Hall–Kier alpha value is -1.90. The first-order valence-corrected chi connectivity index (χ1v) is 18.2. The standard InChI is InChI=1S/C38H50S2/c1-3-5-7-9-11-13-15-17-19-31-27-29-21-23-33-34-24-22-30-28-32(20-18-16-14-12-10-8-6-4-2)40-38(30)36(34)26-25-35(33)37(29)39-31/h21-28H,3-20H2,1-2H3. The van der Waals surface area contributed by atoms with Gasteiger partial charge in [0.05, 0.1) is 0 Å². The summed E-state index contributed by atoms with van der Waals surface area (Å²) >= 11 is 4.08. The van der Waals surface area contributed by atoms with Crippen LogP contribution < -0.4 is 0 Å². The minimum atomic E-state index is 1.24. The Kier molecular flexibility index (Phi) is 11.4. The van der Waals surface area contributed by atoms with Crippen molar-refractivity contribution in [3.8, 4) is 0 Å². The number of hydrogen-bond donors (Lipinski definition) is 0. The molecule has 0 unspecified atom stereocenters. The molecule has 0 saturated heterocycles. The van der Waals surface area contributed by atoms with Crippen LogP contribution in [0.3, 0.4) is 0 Å². The summed E-state index contributed by atoms with van der Waals surface area (Å²) in [5, 5.41) is 8.57. The molecule has 0 aliphatic carbocycles. The van der Waals surface area contributed by atoms with Crippen LogP contribution in [0.25, 0.3) is 41.7 Å². The van der Waals surface area contributed by atoms with Gasteiger partial charge in [-0.25, -0.2) is 0 Å². The summed E-state index contributed by atoms with van der Waals surface area (Å²) in [5.41, 5.74) is 0. The number of fused-ring (bicyclic) bond motifs is 7. The van der Waals surface area contributed by atoms with Crippen LogP contribution in [0.15, 0.2) is 48.5 Å². The molecular weight excluding hydrogens is 521 g/mol. The van der Waals surface area contributed by atoms with E-state index in [9.17, 15) is 0 Å². The van der Waals surface area contributed by atoms with Crippen molar-refractivity contribution in [2.75, 3.05) is 0 Å². The van der Waals surface area contributed by atoms with Crippen LogP contribution in [-0.2, 0) is 12.8 Å². The molecule has 214 valence electrons. The summed E-state index contributed by atoms with van der Waals surface area (Å²) in [6.07, 6.45) is 24.7. The lowest BCUT2D eigenvalue weighted by Gasteiger charge is -2.06. The first-order valence-electron chi connectivity index (χ1n) is 16.6. The number of rotatable bonds is 18. The molecule has 0 amide bonds. The van der Waals surface area contributed by atoms with Gasteiger partial charge in [-0.3, -0.25) is 0 Å². The third-order valence-electron chi connectivity index (χ3n) is 8.81. The summed E-state index contributed by atoms with van der Waals surface area (Å²) in [6.45, 7) is 4.60. The summed E-state index contributed by atoms with van der Waals surface area (Å²) < 4.78 is 2.96. The normalized spacial score (nSPS) is 12.1.